The highest BCUT2D eigenvalue weighted by atomic mass is 15.9. The second-order valence-electron chi connectivity index (χ2n) is 3.88. The monoisotopic (exact) mass is 156 g/mol. The first-order valence-corrected chi connectivity index (χ1v) is 3.79. The number of nitrogens with zero attached hydrogens (tertiary/aromatic N) is 3. The van der Waals surface area contributed by atoms with Gasteiger partial charge < -0.3 is 10.6 Å². The molecular formula is C7H16N4. The molecule has 0 saturated carbocycles. The smallest absolute Gasteiger partial charge is 0.142 e. The van der Waals surface area contributed by atoms with Crippen molar-refractivity contribution in [3.05, 3.63) is 5.53 Å². The Labute approximate surface area is 67.8 Å². The highest BCUT2D eigenvalue weighted by Gasteiger charge is 2.27. The van der Waals surface area contributed by atoms with Crippen LogP contribution in [-0.4, -0.2) is 24.9 Å². The quantitative estimate of drug-likeness (QED) is 0.526. The van der Waals surface area contributed by atoms with E-state index in [9.17, 15) is 0 Å². The van der Waals surface area contributed by atoms with Crippen LogP contribution >= 0.6 is 0 Å². The number of hydrogen-bond acceptors (Lipinski definition) is 2. The van der Waals surface area contributed by atoms with Gasteiger partial charge in [-0.05, 0) is 0 Å². The fraction of sp³-hybridized carbons (Fsp3) is 0.857. The van der Waals surface area contributed by atoms with Crippen LogP contribution in [0.1, 0.15) is 20.8 Å². The molecule has 1 heterocycles. The van der Waals surface area contributed by atoms with Gasteiger partial charge in [-0.3, -0.25) is 5.12 Å². The van der Waals surface area contributed by atoms with Crippen molar-refractivity contribution in [3.63, 3.8) is 0 Å². The number of hydrogen-bond donors (Lipinski definition) is 1. The maximum Gasteiger partial charge on any atom is 0.142 e. The van der Waals surface area contributed by atoms with Gasteiger partial charge in [-0.2, -0.15) is 0 Å². The van der Waals surface area contributed by atoms with Crippen molar-refractivity contribution in [1.82, 2.24) is 5.01 Å². The second-order valence-corrected chi connectivity index (χ2v) is 3.88. The standard InChI is InChI=1S/C7H16N4/c1-7(2,3)6-8-9-11(5)10(6)4/h11H,1-5H3. The molecule has 0 aromatic rings. The van der Waals surface area contributed by atoms with Crippen LogP contribution in [0.2, 0.25) is 0 Å². The predicted octanol–water partition coefficient (Wildman–Crippen LogP) is 0.00980. The summed E-state index contributed by atoms with van der Waals surface area (Å²) in [6.07, 6.45) is 0. The Morgan fingerprint density at radius 2 is 2.00 bits per heavy atom. The molecule has 64 valence electrons. The molecule has 4 nitrogen and oxygen atoms in total. The molecule has 1 aliphatic rings. The van der Waals surface area contributed by atoms with Crippen molar-refractivity contribution in [1.29, 1.82) is 0 Å². The van der Waals surface area contributed by atoms with E-state index in [0.717, 1.165) is 11.0 Å². The van der Waals surface area contributed by atoms with E-state index in [1.807, 2.05) is 19.1 Å². The van der Waals surface area contributed by atoms with E-state index < -0.39 is 0 Å². The Hall–Kier alpha value is -0.770. The largest absolute Gasteiger partial charge is 0.378 e. The van der Waals surface area contributed by atoms with Crippen molar-refractivity contribution in [2.75, 3.05) is 14.1 Å². The second kappa shape index (κ2) is 2.37. The lowest BCUT2D eigenvalue weighted by molar-refractivity contribution is -0.942. The minimum absolute atomic E-state index is 0.0933. The molecule has 0 aliphatic carbocycles. The molecule has 1 unspecified atom stereocenters. The molecule has 0 radical (unpaired) electrons. The summed E-state index contributed by atoms with van der Waals surface area (Å²) in [6, 6.07) is 0. The molecule has 0 amide bonds. The molecule has 0 bridgehead atoms. The number of amidine groups is 1. The molecule has 0 fully saturated rings. The summed E-state index contributed by atoms with van der Waals surface area (Å²) in [5, 5.41) is 7.09. The van der Waals surface area contributed by atoms with Gasteiger partial charge in [-0.1, -0.05) is 20.8 Å². The fourth-order valence-electron chi connectivity index (χ4n) is 1.06. The lowest BCUT2D eigenvalue weighted by atomic mass is 9.95. The predicted molar refractivity (Wildman–Crippen MR) is 44.9 cm³/mol. The zero-order chi connectivity index (χ0) is 8.65. The third kappa shape index (κ3) is 1.45. The Balaban J connectivity index is 2.76. The third-order valence-corrected chi connectivity index (χ3v) is 1.76. The fourth-order valence-corrected chi connectivity index (χ4v) is 1.06. The molecule has 1 aliphatic heterocycles. The highest BCUT2D eigenvalue weighted by Crippen LogP contribution is 2.18. The van der Waals surface area contributed by atoms with Crippen molar-refractivity contribution >= 4 is 5.84 Å². The zero-order valence-corrected chi connectivity index (χ0v) is 7.84. The Morgan fingerprint density at radius 1 is 1.45 bits per heavy atom. The van der Waals surface area contributed by atoms with Crippen LogP contribution in [-0.2, 0) is 0 Å². The van der Waals surface area contributed by atoms with Gasteiger partial charge in [0.1, 0.15) is 5.84 Å². The van der Waals surface area contributed by atoms with Crippen LogP contribution in [0, 0.1) is 5.41 Å². The minimum atomic E-state index is 0.0933. The van der Waals surface area contributed by atoms with Gasteiger partial charge in [0.05, 0.1) is 14.1 Å². The van der Waals surface area contributed by atoms with Crippen LogP contribution in [0.3, 0.4) is 0 Å². The van der Waals surface area contributed by atoms with Gasteiger partial charge in [-0.25, -0.2) is 5.01 Å². The van der Waals surface area contributed by atoms with Crippen LogP contribution in [0.15, 0.2) is 5.10 Å². The maximum atomic E-state index is 4.10. The lowest BCUT2D eigenvalue weighted by Gasteiger charge is -2.29. The van der Waals surface area contributed by atoms with Crippen molar-refractivity contribution in [2.45, 2.75) is 20.8 Å². The van der Waals surface area contributed by atoms with E-state index in [-0.39, 0.29) is 5.41 Å². The number of rotatable bonds is 0. The Morgan fingerprint density at radius 3 is 2.18 bits per heavy atom. The van der Waals surface area contributed by atoms with Crippen molar-refractivity contribution < 1.29 is 5.12 Å². The molecule has 11 heavy (non-hydrogen) atoms. The highest BCUT2D eigenvalue weighted by molar-refractivity contribution is 5.87. The summed E-state index contributed by atoms with van der Waals surface area (Å²) in [6.45, 7) is 6.41. The summed E-state index contributed by atoms with van der Waals surface area (Å²) >= 11 is 0. The Bertz CT molecular complexity index is 179. The van der Waals surface area contributed by atoms with Crippen LogP contribution in [0.5, 0.6) is 0 Å². The summed E-state index contributed by atoms with van der Waals surface area (Å²) in [5.74, 6) is 1.04. The molecular weight excluding hydrogens is 140 g/mol. The summed E-state index contributed by atoms with van der Waals surface area (Å²) in [7, 11) is 3.96. The van der Waals surface area contributed by atoms with Gasteiger partial charge >= 0.3 is 0 Å². The van der Waals surface area contributed by atoms with Gasteiger partial charge in [-0.15, -0.1) is 0 Å². The molecule has 0 saturated heterocycles. The molecule has 1 rings (SSSR count). The molecule has 0 aromatic heterocycles. The van der Waals surface area contributed by atoms with Crippen LogP contribution in [0.4, 0.5) is 0 Å². The van der Waals surface area contributed by atoms with Crippen LogP contribution < -0.4 is 5.12 Å². The van der Waals surface area contributed by atoms with Gasteiger partial charge in [0.2, 0.25) is 0 Å². The average Bonchev–Trinajstić information content (AvgIpc) is 2.11. The summed E-state index contributed by atoms with van der Waals surface area (Å²) in [5.41, 5.74) is 4.09. The lowest BCUT2D eigenvalue weighted by Crippen LogP contribution is -3.10. The van der Waals surface area contributed by atoms with E-state index in [0.29, 0.717) is 0 Å². The van der Waals surface area contributed by atoms with E-state index >= 15 is 0 Å². The van der Waals surface area contributed by atoms with Gasteiger partial charge in [0.25, 0.3) is 0 Å². The van der Waals surface area contributed by atoms with Crippen LogP contribution in [0.25, 0.3) is 5.53 Å². The first kappa shape index (κ1) is 8.33. The van der Waals surface area contributed by atoms with E-state index in [4.69, 9.17) is 0 Å². The van der Waals surface area contributed by atoms with Crippen molar-refractivity contribution in [3.8, 4) is 0 Å². The molecule has 0 spiro atoms. The number of quaternary nitrogens is 1. The SMILES string of the molecule is CN1C(C(C)(C)C)=N[N-][NH+]1C. The molecule has 1 N–H and O–H groups in total. The summed E-state index contributed by atoms with van der Waals surface area (Å²) in [4.78, 5) is 0. The number of nitrogens with one attached hydrogen (secondary N) is 1. The van der Waals surface area contributed by atoms with Gasteiger partial charge in [0, 0.05) is 5.41 Å². The normalized spacial score (nSPS) is 25.0. The molecule has 4 heteroatoms. The Kier molecular flexibility index (Phi) is 1.80. The summed E-state index contributed by atoms with van der Waals surface area (Å²) < 4.78 is 0. The minimum Gasteiger partial charge on any atom is -0.378 e. The molecule has 1 atom stereocenters. The van der Waals surface area contributed by atoms with Crippen molar-refractivity contribution in [2.24, 2.45) is 10.5 Å². The van der Waals surface area contributed by atoms with E-state index in [2.05, 4.69) is 31.4 Å². The van der Waals surface area contributed by atoms with E-state index in [1.54, 1.807) is 0 Å². The maximum absolute atomic E-state index is 4.10. The first-order chi connectivity index (χ1) is 4.93. The topological polar surface area (TPSA) is 34.1 Å². The first-order valence-electron chi connectivity index (χ1n) is 3.79. The van der Waals surface area contributed by atoms with Gasteiger partial charge in [0.15, 0.2) is 0 Å². The molecule has 0 aromatic carbocycles. The zero-order valence-electron chi connectivity index (χ0n) is 7.84. The average molecular weight is 156 g/mol. The third-order valence-electron chi connectivity index (χ3n) is 1.76. The van der Waals surface area contributed by atoms with E-state index in [1.165, 1.54) is 0 Å².